The Hall–Kier alpha value is -2.16. The number of hydrogen-bond acceptors (Lipinski definition) is 5. The minimum atomic E-state index is -0.835. The Morgan fingerprint density at radius 3 is 2.56 bits per heavy atom. The molecule has 0 fully saturated rings. The van der Waals surface area contributed by atoms with Crippen molar-refractivity contribution in [1.82, 2.24) is 15.2 Å². The fourth-order valence-corrected chi connectivity index (χ4v) is 1.91. The first-order valence-electron chi connectivity index (χ1n) is 4.62. The van der Waals surface area contributed by atoms with Gasteiger partial charge in [0.05, 0.1) is 4.90 Å². The summed E-state index contributed by atoms with van der Waals surface area (Å²) in [5.74, 6) is -2.04. The Kier molecular flexibility index (Phi) is 3.42. The van der Waals surface area contributed by atoms with Crippen molar-refractivity contribution in [1.29, 1.82) is 0 Å². The largest absolute Gasteiger partial charge is 0.409 e. The summed E-state index contributed by atoms with van der Waals surface area (Å²) in [4.78, 5) is 3.49. The molecule has 0 aliphatic heterocycles. The molecule has 0 aliphatic rings. The molecule has 1 aromatic carbocycles. The summed E-state index contributed by atoms with van der Waals surface area (Å²) in [6.07, 6.45) is 1.23. The van der Waals surface area contributed by atoms with E-state index in [0.29, 0.717) is 0 Å². The molecule has 6 nitrogen and oxygen atoms in total. The van der Waals surface area contributed by atoms with E-state index in [1.54, 1.807) is 0 Å². The SMILES string of the molecule is N/C(=N/O)c1cc(F)c(Sc2ncn[nH]2)c(F)c1. The third-order valence-electron chi connectivity index (χ3n) is 1.99. The van der Waals surface area contributed by atoms with Crippen molar-refractivity contribution in [3.8, 4) is 0 Å². The van der Waals surface area contributed by atoms with Gasteiger partial charge in [-0.25, -0.2) is 13.8 Å². The number of nitrogens with two attached hydrogens (primary N) is 1. The molecule has 0 bridgehead atoms. The first-order chi connectivity index (χ1) is 8.61. The molecule has 1 aromatic heterocycles. The summed E-state index contributed by atoms with van der Waals surface area (Å²) in [7, 11) is 0. The van der Waals surface area contributed by atoms with E-state index >= 15 is 0 Å². The average molecular weight is 271 g/mol. The molecule has 0 saturated heterocycles. The molecule has 18 heavy (non-hydrogen) atoms. The van der Waals surface area contributed by atoms with E-state index in [-0.39, 0.29) is 21.5 Å². The van der Waals surface area contributed by atoms with E-state index in [1.165, 1.54) is 6.33 Å². The number of halogens is 2. The van der Waals surface area contributed by atoms with Crippen LogP contribution in [0, 0.1) is 11.6 Å². The number of aromatic nitrogens is 3. The van der Waals surface area contributed by atoms with Crippen LogP contribution in [0.1, 0.15) is 5.56 Å². The lowest BCUT2D eigenvalue weighted by molar-refractivity contribution is 0.318. The molecular formula is C9H7F2N5OS. The van der Waals surface area contributed by atoms with Crippen LogP contribution in [-0.4, -0.2) is 26.2 Å². The van der Waals surface area contributed by atoms with Gasteiger partial charge in [0.15, 0.2) is 11.0 Å². The minimum absolute atomic E-state index is 0.0468. The summed E-state index contributed by atoms with van der Waals surface area (Å²) in [5.41, 5.74) is 5.20. The first-order valence-corrected chi connectivity index (χ1v) is 5.43. The number of oxime groups is 1. The van der Waals surface area contributed by atoms with Crippen LogP contribution in [0.2, 0.25) is 0 Å². The van der Waals surface area contributed by atoms with Crippen molar-refractivity contribution in [2.45, 2.75) is 10.1 Å². The van der Waals surface area contributed by atoms with E-state index in [4.69, 9.17) is 10.9 Å². The van der Waals surface area contributed by atoms with Crippen LogP contribution in [0.5, 0.6) is 0 Å². The van der Waals surface area contributed by atoms with Crippen LogP contribution in [0.4, 0.5) is 8.78 Å². The number of rotatable bonds is 3. The van der Waals surface area contributed by atoms with Gasteiger partial charge < -0.3 is 10.9 Å². The number of benzene rings is 1. The van der Waals surface area contributed by atoms with Crippen LogP contribution in [0.25, 0.3) is 0 Å². The van der Waals surface area contributed by atoms with Crippen LogP contribution in [-0.2, 0) is 0 Å². The minimum Gasteiger partial charge on any atom is -0.409 e. The zero-order chi connectivity index (χ0) is 13.1. The van der Waals surface area contributed by atoms with Crippen LogP contribution < -0.4 is 5.73 Å². The summed E-state index contributed by atoms with van der Waals surface area (Å²) in [6, 6.07) is 1.94. The van der Waals surface area contributed by atoms with E-state index < -0.39 is 11.6 Å². The van der Waals surface area contributed by atoms with Crippen LogP contribution in [0.3, 0.4) is 0 Å². The molecule has 2 rings (SSSR count). The summed E-state index contributed by atoms with van der Waals surface area (Å²) in [6.45, 7) is 0. The quantitative estimate of drug-likeness (QED) is 0.338. The average Bonchev–Trinajstić information content (AvgIpc) is 2.85. The Morgan fingerprint density at radius 1 is 1.39 bits per heavy atom. The van der Waals surface area contributed by atoms with Crippen molar-refractivity contribution in [2.24, 2.45) is 10.9 Å². The van der Waals surface area contributed by atoms with Crippen molar-refractivity contribution in [2.75, 3.05) is 0 Å². The number of hydrogen-bond donors (Lipinski definition) is 3. The molecule has 4 N–H and O–H groups in total. The van der Waals surface area contributed by atoms with Gasteiger partial charge in [-0.3, -0.25) is 5.10 Å². The lowest BCUT2D eigenvalue weighted by Gasteiger charge is -2.05. The van der Waals surface area contributed by atoms with Gasteiger partial charge in [-0.15, -0.1) is 0 Å². The van der Waals surface area contributed by atoms with Crippen LogP contribution in [0.15, 0.2) is 33.7 Å². The first kappa shape index (κ1) is 12.3. The summed E-state index contributed by atoms with van der Waals surface area (Å²) < 4.78 is 27.4. The second-order valence-corrected chi connectivity index (χ2v) is 4.15. The van der Waals surface area contributed by atoms with Gasteiger partial charge in [0.25, 0.3) is 0 Å². The van der Waals surface area contributed by atoms with Gasteiger partial charge in [-0.05, 0) is 23.9 Å². The predicted octanol–water partition coefficient (Wildman–Crippen LogP) is 1.33. The molecule has 94 valence electrons. The summed E-state index contributed by atoms with van der Waals surface area (Å²) >= 11 is 0.753. The smallest absolute Gasteiger partial charge is 0.188 e. The lowest BCUT2D eigenvalue weighted by atomic mass is 10.2. The number of nitrogens with one attached hydrogen (secondary N) is 1. The highest BCUT2D eigenvalue weighted by molar-refractivity contribution is 7.99. The molecule has 1 heterocycles. The maximum Gasteiger partial charge on any atom is 0.188 e. The van der Waals surface area contributed by atoms with Gasteiger partial charge in [0.1, 0.15) is 18.0 Å². The van der Waals surface area contributed by atoms with E-state index in [0.717, 1.165) is 23.9 Å². The normalized spacial score (nSPS) is 11.8. The molecule has 0 aliphatic carbocycles. The molecule has 0 spiro atoms. The number of amidine groups is 1. The van der Waals surface area contributed by atoms with Crippen molar-refractivity contribution >= 4 is 17.6 Å². The Morgan fingerprint density at radius 2 is 2.06 bits per heavy atom. The highest BCUT2D eigenvalue weighted by Crippen LogP contribution is 2.30. The third kappa shape index (κ3) is 2.40. The maximum absolute atomic E-state index is 13.7. The fourth-order valence-electron chi connectivity index (χ4n) is 1.20. The Bertz CT molecular complexity index is 564. The summed E-state index contributed by atoms with van der Waals surface area (Å²) in [5, 5.41) is 17.4. The second kappa shape index (κ2) is 5.00. The number of nitrogens with zero attached hydrogens (tertiary/aromatic N) is 3. The second-order valence-electron chi connectivity index (χ2n) is 3.15. The van der Waals surface area contributed by atoms with Gasteiger partial charge >= 0.3 is 0 Å². The molecule has 0 amide bonds. The molecule has 2 aromatic rings. The van der Waals surface area contributed by atoms with E-state index in [9.17, 15) is 8.78 Å². The zero-order valence-corrected chi connectivity index (χ0v) is 9.58. The van der Waals surface area contributed by atoms with Crippen molar-refractivity contribution in [3.63, 3.8) is 0 Å². The van der Waals surface area contributed by atoms with Gasteiger partial charge in [0.2, 0.25) is 0 Å². The predicted molar refractivity (Wildman–Crippen MR) is 59.4 cm³/mol. The molecule has 0 radical (unpaired) electrons. The standard InChI is InChI=1S/C9H7F2N5OS/c10-5-1-4(8(12)16-17)2-6(11)7(5)18-9-13-3-14-15-9/h1-3,17H,(H2,12,16)(H,13,14,15). The third-order valence-corrected chi connectivity index (χ3v) is 2.98. The maximum atomic E-state index is 13.7. The molecule has 0 saturated carbocycles. The molecule has 0 unspecified atom stereocenters. The van der Waals surface area contributed by atoms with Crippen molar-refractivity contribution < 1.29 is 14.0 Å². The van der Waals surface area contributed by atoms with Crippen LogP contribution >= 0.6 is 11.8 Å². The number of H-pyrrole nitrogens is 1. The Labute approximate surface area is 104 Å². The van der Waals surface area contributed by atoms with Gasteiger partial charge in [-0.2, -0.15) is 5.10 Å². The van der Waals surface area contributed by atoms with Gasteiger partial charge in [-0.1, -0.05) is 5.16 Å². The lowest BCUT2D eigenvalue weighted by Crippen LogP contribution is -2.14. The van der Waals surface area contributed by atoms with E-state index in [2.05, 4.69) is 20.3 Å². The number of aromatic amines is 1. The van der Waals surface area contributed by atoms with E-state index in [1.807, 2.05) is 0 Å². The molecule has 9 heteroatoms. The highest BCUT2D eigenvalue weighted by Gasteiger charge is 2.15. The fraction of sp³-hybridized carbons (Fsp3) is 0. The zero-order valence-electron chi connectivity index (χ0n) is 8.76. The molecular weight excluding hydrogens is 264 g/mol. The van der Waals surface area contributed by atoms with Gasteiger partial charge in [0, 0.05) is 5.56 Å². The highest BCUT2D eigenvalue weighted by atomic mass is 32.2. The molecule has 0 atom stereocenters. The van der Waals surface area contributed by atoms with Crippen molar-refractivity contribution in [3.05, 3.63) is 35.7 Å². The topological polar surface area (TPSA) is 100 Å². The Balaban J connectivity index is 2.38. The monoisotopic (exact) mass is 271 g/mol.